The third-order valence-electron chi connectivity index (χ3n) is 13.1. The molecule has 3 aliphatic rings. The van der Waals surface area contributed by atoms with Crippen molar-refractivity contribution >= 4 is 17.5 Å². The second kappa shape index (κ2) is 26.2. The highest BCUT2D eigenvalue weighted by Crippen LogP contribution is 2.62. The SMILES string of the molecule is C=CCO[C@@]12Oc3ccc(Oc4cccc([N+](=O)[O-])c4)cc3[C@H]3[C@H](CCCCO)[C@@H](CCCCO)C=C(C(=NOC(C)(C)C)C[C@@H]1N(CCC)C(=O)OCCCCCCCCCCCC)[C@H]32. The Hall–Kier alpha value is -4.46. The first kappa shape index (κ1) is 52.5. The highest BCUT2D eigenvalue weighted by Gasteiger charge is 2.65. The van der Waals surface area contributed by atoms with Crippen LogP contribution in [0.25, 0.3) is 0 Å². The zero-order valence-electron chi connectivity index (χ0n) is 40.6. The monoisotopic (exact) mass is 918 g/mol. The van der Waals surface area contributed by atoms with Crippen LogP contribution in [0.1, 0.15) is 162 Å². The number of carbonyl (C=O) groups is 1. The first-order chi connectivity index (χ1) is 31.9. The molecule has 2 aromatic carbocycles. The summed E-state index contributed by atoms with van der Waals surface area (Å²) in [6, 6.07) is 11.1. The Balaban J connectivity index is 1.61. The van der Waals surface area contributed by atoms with Crippen LogP contribution in [0, 0.1) is 27.9 Å². The van der Waals surface area contributed by atoms with Crippen LogP contribution in [0.4, 0.5) is 10.5 Å². The van der Waals surface area contributed by atoms with Crippen LogP contribution in [0.5, 0.6) is 17.2 Å². The lowest BCUT2D eigenvalue weighted by Gasteiger charge is -2.60. The number of fused-ring (bicyclic) bond motifs is 2. The Kier molecular flexibility index (Phi) is 20.8. The number of hydrogen-bond donors (Lipinski definition) is 2. The van der Waals surface area contributed by atoms with Gasteiger partial charge in [-0.15, -0.1) is 6.58 Å². The molecule has 6 atom stereocenters. The van der Waals surface area contributed by atoms with E-state index < -0.39 is 34.4 Å². The van der Waals surface area contributed by atoms with E-state index >= 15 is 0 Å². The van der Waals surface area contributed by atoms with E-state index in [4.69, 9.17) is 28.9 Å². The van der Waals surface area contributed by atoms with E-state index in [-0.39, 0.29) is 49.7 Å². The summed E-state index contributed by atoms with van der Waals surface area (Å²) in [6.45, 7) is 15.2. The number of aliphatic hydroxyl groups is 2. The van der Waals surface area contributed by atoms with Crippen LogP contribution < -0.4 is 9.47 Å². The predicted molar refractivity (Wildman–Crippen MR) is 259 cm³/mol. The van der Waals surface area contributed by atoms with Gasteiger partial charge in [-0.2, -0.15) is 0 Å². The second-order valence-electron chi connectivity index (χ2n) is 19.3. The Labute approximate surface area is 394 Å². The van der Waals surface area contributed by atoms with Gasteiger partial charge in [-0.25, -0.2) is 4.79 Å². The molecular weight excluding hydrogens is 839 g/mol. The van der Waals surface area contributed by atoms with Crippen molar-refractivity contribution in [3.8, 4) is 17.2 Å². The second-order valence-corrected chi connectivity index (χ2v) is 19.3. The molecule has 0 spiro atoms. The minimum absolute atomic E-state index is 0.0119. The highest BCUT2D eigenvalue weighted by molar-refractivity contribution is 6.03. The maximum absolute atomic E-state index is 14.6. The molecule has 0 saturated heterocycles. The lowest BCUT2D eigenvalue weighted by molar-refractivity contribution is -0.384. The Morgan fingerprint density at radius 3 is 2.26 bits per heavy atom. The van der Waals surface area contributed by atoms with Gasteiger partial charge in [-0.3, -0.25) is 15.0 Å². The summed E-state index contributed by atoms with van der Waals surface area (Å²) in [4.78, 5) is 33.9. The molecule has 1 amide bonds. The van der Waals surface area contributed by atoms with Crippen molar-refractivity contribution in [1.29, 1.82) is 0 Å². The van der Waals surface area contributed by atoms with Gasteiger partial charge in [0, 0.05) is 43.7 Å². The van der Waals surface area contributed by atoms with Gasteiger partial charge < -0.3 is 34.0 Å². The first-order valence-electron chi connectivity index (χ1n) is 25.0. The number of oxime groups is 1. The number of allylic oxidation sites excluding steroid dienone is 1. The summed E-state index contributed by atoms with van der Waals surface area (Å²) in [5.74, 6) is -0.728. The molecule has 0 unspecified atom stereocenters. The number of benzene rings is 2. The van der Waals surface area contributed by atoms with Crippen molar-refractivity contribution in [3.63, 3.8) is 0 Å². The van der Waals surface area contributed by atoms with Crippen molar-refractivity contribution in [1.82, 2.24) is 4.90 Å². The molecule has 0 radical (unpaired) electrons. The average molecular weight is 918 g/mol. The number of unbranched alkanes of at least 4 members (excludes halogenated alkanes) is 11. The van der Waals surface area contributed by atoms with Crippen LogP contribution in [0.2, 0.25) is 0 Å². The molecule has 1 fully saturated rings. The van der Waals surface area contributed by atoms with E-state index in [1.54, 1.807) is 29.2 Å². The van der Waals surface area contributed by atoms with Crippen LogP contribution in [0.3, 0.4) is 0 Å². The zero-order valence-corrected chi connectivity index (χ0v) is 40.6. The summed E-state index contributed by atoms with van der Waals surface area (Å²) in [6.07, 6.45) is 20.8. The molecule has 1 saturated carbocycles. The Bertz CT molecular complexity index is 1910. The normalized spacial score (nSPS) is 22.7. The lowest BCUT2D eigenvalue weighted by Crippen LogP contribution is -2.70. The third kappa shape index (κ3) is 14.0. The average Bonchev–Trinajstić information content (AvgIpc) is 3.29. The molecule has 0 bridgehead atoms. The number of rotatable bonds is 29. The number of carbonyl (C=O) groups excluding carboxylic acids is 1. The van der Waals surface area contributed by atoms with E-state index in [0.717, 1.165) is 56.1 Å². The van der Waals surface area contributed by atoms with E-state index in [1.807, 2.05) is 39.8 Å². The highest BCUT2D eigenvalue weighted by atomic mass is 16.7. The van der Waals surface area contributed by atoms with Gasteiger partial charge in [-0.05, 0) is 101 Å². The summed E-state index contributed by atoms with van der Waals surface area (Å²) in [5, 5.41) is 36.5. The summed E-state index contributed by atoms with van der Waals surface area (Å²) >= 11 is 0. The quantitative estimate of drug-likeness (QED) is 0.0347. The maximum atomic E-state index is 14.6. The fourth-order valence-electron chi connectivity index (χ4n) is 10.1. The maximum Gasteiger partial charge on any atom is 0.410 e. The van der Waals surface area contributed by atoms with Crippen LogP contribution in [0.15, 0.2) is 71.9 Å². The molecule has 2 aromatic rings. The number of non-ortho nitro benzene ring substituents is 1. The van der Waals surface area contributed by atoms with Crippen LogP contribution in [-0.4, -0.2) is 82.2 Å². The van der Waals surface area contributed by atoms with Crippen molar-refractivity contribution in [2.24, 2.45) is 22.9 Å². The fraction of sp³-hybridized carbons (Fsp3) is 0.660. The number of hydrogen-bond acceptors (Lipinski definition) is 11. The van der Waals surface area contributed by atoms with Gasteiger partial charge in [0.05, 0.1) is 35.8 Å². The Morgan fingerprint density at radius 1 is 0.924 bits per heavy atom. The topological polar surface area (TPSA) is 162 Å². The molecule has 1 aliphatic heterocycles. The molecule has 2 aliphatic carbocycles. The molecule has 0 aromatic heterocycles. The molecule has 366 valence electrons. The smallest absolute Gasteiger partial charge is 0.410 e. The van der Waals surface area contributed by atoms with Crippen molar-refractivity contribution in [2.75, 3.05) is 33.0 Å². The van der Waals surface area contributed by atoms with E-state index in [1.165, 1.54) is 57.1 Å². The minimum atomic E-state index is -1.42. The van der Waals surface area contributed by atoms with Crippen LogP contribution in [-0.2, 0) is 14.3 Å². The standard InChI is InChI=1S/C53H79N3O10/c1-7-10-11-12-13-14-15-16-17-22-34-62-51(59)55(30-8-2)48-38-46(54-66-52(4,5)6)44-35-39(24-18-20-31-57)43(27-19-21-32-58)49-45-37-42(64-41-26-23-25-40(36-41)56(60)61)28-29-47(45)65-53(48,50(44)49)63-33-9-3/h9,23,25-26,28-29,35-37,39,43,48-50,57-58H,3,7-8,10-22,24,27,30-34,38H2,1-2,4-6H3/t39-,43+,48-,49+,50+,53+/m0/s1. The van der Waals surface area contributed by atoms with Gasteiger partial charge in [0.1, 0.15) is 28.9 Å². The van der Waals surface area contributed by atoms with Crippen LogP contribution >= 0.6 is 0 Å². The van der Waals surface area contributed by atoms with Crippen molar-refractivity contribution in [3.05, 3.63) is 82.4 Å². The van der Waals surface area contributed by atoms with Crippen molar-refractivity contribution < 1.29 is 43.7 Å². The van der Waals surface area contributed by atoms with Gasteiger partial charge in [0.2, 0.25) is 5.79 Å². The van der Waals surface area contributed by atoms with E-state index in [9.17, 15) is 25.1 Å². The van der Waals surface area contributed by atoms with Gasteiger partial charge in [0.15, 0.2) is 0 Å². The number of amides is 1. The van der Waals surface area contributed by atoms with Gasteiger partial charge in [0.25, 0.3) is 5.69 Å². The van der Waals surface area contributed by atoms with Crippen molar-refractivity contribution in [2.45, 2.75) is 174 Å². The fourth-order valence-corrected chi connectivity index (χ4v) is 10.1. The molecule has 5 rings (SSSR count). The molecular formula is C53H79N3O10. The third-order valence-corrected chi connectivity index (χ3v) is 13.1. The number of ether oxygens (including phenoxy) is 4. The molecule has 66 heavy (non-hydrogen) atoms. The predicted octanol–water partition coefficient (Wildman–Crippen LogP) is 12.6. The van der Waals surface area contributed by atoms with E-state index in [2.05, 4.69) is 19.6 Å². The first-order valence-corrected chi connectivity index (χ1v) is 25.0. The summed E-state index contributed by atoms with van der Waals surface area (Å²) in [5.41, 5.74) is 1.84. The molecule has 13 nitrogen and oxygen atoms in total. The zero-order chi connectivity index (χ0) is 47.5. The number of nitrogens with zero attached hydrogens (tertiary/aromatic N) is 3. The van der Waals surface area contributed by atoms with Gasteiger partial charge >= 0.3 is 6.09 Å². The largest absolute Gasteiger partial charge is 0.459 e. The minimum Gasteiger partial charge on any atom is -0.459 e. The Morgan fingerprint density at radius 2 is 1.61 bits per heavy atom. The lowest BCUT2D eigenvalue weighted by atomic mass is 9.55. The van der Waals surface area contributed by atoms with E-state index in [0.29, 0.717) is 55.4 Å². The number of aliphatic hydroxyl groups excluding tert-OH is 2. The number of nitro benzene ring substituents is 1. The molecule has 1 heterocycles. The van der Waals surface area contributed by atoms with Gasteiger partial charge in [-0.1, -0.05) is 108 Å². The molecule has 2 N–H and O–H groups in total. The number of nitro groups is 1. The summed E-state index contributed by atoms with van der Waals surface area (Å²) in [7, 11) is 0. The molecule has 13 heteroatoms. The summed E-state index contributed by atoms with van der Waals surface area (Å²) < 4.78 is 26.9.